The number of hydrogen-bond acceptors (Lipinski definition) is 2. The summed E-state index contributed by atoms with van der Waals surface area (Å²) in [5.41, 5.74) is 0. The molecule has 1 unspecified atom stereocenters. The van der Waals surface area contributed by atoms with Gasteiger partial charge in [-0.1, -0.05) is 6.92 Å². The normalized spacial score (nSPS) is 22.1. The van der Waals surface area contributed by atoms with Gasteiger partial charge in [-0.15, -0.1) is 0 Å². The Bertz CT molecular complexity index is 326. The smallest absolute Gasteiger partial charge is 0.326 e. The second-order valence-corrected chi connectivity index (χ2v) is 3.73. The molecule has 0 radical (unpaired) electrons. The molecule has 90 valence electrons. The number of nitrogens with zero attached hydrogens (tertiary/aromatic N) is 1. The maximum atomic E-state index is 12.0. The molecule has 0 aromatic heterocycles. The summed E-state index contributed by atoms with van der Waals surface area (Å²) in [5.74, 6) is -2.05. The molecule has 1 N–H and O–H groups in total. The maximum Gasteiger partial charge on any atom is 0.326 e. The van der Waals surface area contributed by atoms with Gasteiger partial charge in [-0.05, 0) is 12.5 Å². The molecule has 0 aromatic rings. The molecule has 1 fully saturated rings. The van der Waals surface area contributed by atoms with Crippen molar-refractivity contribution in [3.63, 3.8) is 0 Å². The molecule has 1 rings (SSSR count). The first kappa shape index (κ1) is 12.6. The average molecular weight is 233 g/mol. The quantitative estimate of drug-likeness (QED) is 0.800. The van der Waals surface area contributed by atoms with Crippen molar-refractivity contribution in [2.45, 2.75) is 25.8 Å². The molecular weight excluding hydrogens is 220 g/mol. The fourth-order valence-corrected chi connectivity index (χ4v) is 1.88. The summed E-state index contributed by atoms with van der Waals surface area (Å²) in [5, 5.41) is 8.86. The SMILES string of the molecule is CCC(C(=O)O)N1C[C@@H](C=C(F)F)CC1=O. The summed E-state index contributed by atoms with van der Waals surface area (Å²) >= 11 is 0. The number of carbonyl (C=O) groups is 2. The van der Waals surface area contributed by atoms with E-state index in [1.165, 1.54) is 0 Å². The Balaban J connectivity index is 2.74. The predicted molar refractivity (Wildman–Crippen MR) is 51.8 cm³/mol. The van der Waals surface area contributed by atoms with Gasteiger partial charge < -0.3 is 10.0 Å². The van der Waals surface area contributed by atoms with Gasteiger partial charge in [0, 0.05) is 18.9 Å². The lowest BCUT2D eigenvalue weighted by Gasteiger charge is -2.23. The van der Waals surface area contributed by atoms with E-state index in [9.17, 15) is 18.4 Å². The number of halogens is 2. The van der Waals surface area contributed by atoms with Gasteiger partial charge >= 0.3 is 5.97 Å². The van der Waals surface area contributed by atoms with Crippen LogP contribution in [0.25, 0.3) is 0 Å². The van der Waals surface area contributed by atoms with Crippen molar-refractivity contribution in [1.82, 2.24) is 4.90 Å². The fraction of sp³-hybridized carbons (Fsp3) is 0.600. The molecule has 1 amide bonds. The Morgan fingerprint density at radius 3 is 2.75 bits per heavy atom. The first-order chi connectivity index (χ1) is 7.45. The van der Waals surface area contributed by atoms with Crippen LogP contribution in [0, 0.1) is 5.92 Å². The van der Waals surface area contributed by atoms with Crippen molar-refractivity contribution in [1.29, 1.82) is 0 Å². The number of aliphatic carboxylic acids is 1. The predicted octanol–water partition coefficient (Wildman–Crippen LogP) is 1.48. The zero-order chi connectivity index (χ0) is 12.3. The van der Waals surface area contributed by atoms with E-state index in [1.54, 1.807) is 6.92 Å². The first-order valence-electron chi connectivity index (χ1n) is 5.00. The molecule has 4 nitrogen and oxygen atoms in total. The van der Waals surface area contributed by atoms with E-state index >= 15 is 0 Å². The molecular formula is C10H13F2NO3. The lowest BCUT2D eigenvalue weighted by atomic mass is 10.1. The maximum absolute atomic E-state index is 12.0. The first-order valence-corrected chi connectivity index (χ1v) is 5.00. The van der Waals surface area contributed by atoms with E-state index in [0.29, 0.717) is 6.08 Å². The highest BCUT2D eigenvalue weighted by Gasteiger charge is 2.36. The number of amides is 1. The van der Waals surface area contributed by atoms with Crippen molar-refractivity contribution in [2.75, 3.05) is 6.54 Å². The van der Waals surface area contributed by atoms with Crippen molar-refractivity contribution in [3.05, 3.63) is 12.2 Å². The van der Waals surface area contributed by atoms with Gasteiger partial charge in [0.15, 0.2) is 0 Å². The highest BCUT2D eigenvalue weighted by molar-refractivity contribution is 5.85. The molecule has 6 heteroatoms. The Hall–Kier alpha value is -1.46. The van der Waals surface area contributed by atoms with Gasteiger partial charge in [0.2, 0.25) is 5.91 Å². The monoisotopic (exact) mass is 233 g/mol. The lowest BCUT2D eigenvalue weighted by molar-refractivity contribution is -0.148. The topological polar surface area (TPSA) is 57.6 Å². The van der Waals surface area contributed by atoms with E-state index in [2.05, 4.69) is 0 Å². The van der Waals surface area contributed by atoms with Crippen molar-refractivity contribution < 1.29 is 23.5 Å². The molecule has 16 heavy (non-hydrogen) atoms. The molecule has 1 heterocycles. The van der Waals surface area contributed by atoms with E-state index in [-0.39, 0.29) is 25.3 Å². The van der Waals surface area contributed by atoms with Crippen LogP contribution in [-0.4, -0.2) is 34.5 Å². The van der Waals surface area contributed by atoms with Crippen molar-refractivity contribution in [2.24, 2.45) is 5.92 Å². The second-order valence-electron chi connectivity index (χ2n) is 3.73. The summed E-state index contributed by atoms with van der Waals surface area (Å²) in [6, 6.07) is -0.909. The minimum atomic E-state index is -1.83. The number of hydrogen-bond donors (Lipinski definition) is 1. The summed E-state index contributed by atoms with van der Waals surface area (Å²) in [7, 11) is 0. The van der Waals surface area contributed by atoms with Gasteiger partial charge in [0.1, 0.15) is 6.04 Å². The van der Waals surface area contributed by atoms with Crippen LogP contribution in [0.15, 0.2) is 12.2 Å². The Kier molecular flexibility index (Phi) is 3.98. The van der Waals surface area contributed by atoms with Crippen LogP contribution in [0.5, 0.6) is 0 Å². The highest BCUT2D eigenvalue weighted by Crippen LogP contribution is 2.24. The third-order valence-electron chi connectivity index (χ3n) is 2.60. The van der Waals surface area contributed by atoms with E-state index in [4.69, 9.17) is 5.11 Å². The fourth-order valence-electron chi connectivity index (χ4n) is 1.88. The Morgan fingerprint density at radius 2 is 2.31 bits per heavy atom. The molecule has 1 saturated heterocycles. The van der Waals surface area contributed by atoms with Crippen LogP contribution in [0.2, 0.25) is 0 Å². The van der Waals surface area contributed by atoms with Gasteiger partial charge in [0.25, 0.3) is 6.08 Å². The summed E-state index contributed by atoms with van der Waals surface area (Å²) in [4.78, 5) is 23.5. The molecule has 0 aliphatic carbocycles. The average Bonchev–Trinajstić information content (AvgIpc) is 2.46. The molecule has 0 aromatic carbocycles. The minimum absolute atomic E-state index is 0.0406. The van der Waals surface area contributed by atoms with E-state index < -0.39 is 24.0 Å². The zero-order valence-corrected chi connectivity index (χ0v) is 8.82. The van der Waals surface area contributed by atoms with Gasteiger partial charge in [-0.25, -0.2) is 4.79 Å². The number of carbonyl (C=O) groups excluding carboxylic acids is 1. The van der Waals surface area contributed by atoms with E-state index in [0.717, 1.165) is 4.90 Å². The number of carboxylic acid groups (broad SMARTS) is 1. The highest BCUT2D eigenvalue weighted by atomic mass is 19.3. The standard InChI is InChI=1S/C10H13F2NO3/c1-2-7(10(15)16)13-5-6(3-8(11)12)4-9(13)14/h3,6-7H,2,4-5H2,1H3,(H,15,16)/t6-,7?/m0/s1. The van der Waals surface area contributed by atoms with Gasteiger partial charge in [0.05, 0.1) is 0 Å². The number of rotatable bonds is 4. The van der Waals surface area contributed by atoms with Crippen LogP contribution in [-0.2, 0) is 9.59 Å². The molecule has 0 bridgehead atoms. The molecule has 1 aliphatic heterocycles. The summed E-state index contributed by atoms with van der Waals surface area (Å²) in [6.45, 7) is 1.70. The summed E-state index contributed by atoms with van der Waals surface area (Å²) < 4.78 is 24.0. The van der Waals surface area contributed by atoms with Gasteiger partial charge in [-0.3, -0.25) is 4.79 Å². The van der Waals surface area contributed by atoms with Crippen molar-refractivity contribution in [3.8, 4) is 0 Å². The van der Waals surface area contributed by atoms with Gasteiger partial charge in [-0.2, -0.15) is 8.78 Å². The van der Waals surface area contributed by atoms with Crippen LogP contribution >= 0.6 is 0 Å². The molecule has 2 atom stereocenters. The third kappa shape index (κ3) is 2.77. The number of likely N-dealkylation sites (tertiary alicyclic amines) is 1. The van der Waals surface area contributed by atoms with Crippen molar-refractivity contribution >= 4 is 11.9 Å². The van der Waals surface area contributed by atoms with Crippen LogP contribution in [0.4, 0.5) is 8.78 Å². The molecule has 0 spiro atoms. The molecule has 1 aliphatic rings. The minimum Gasteiger partial charge on any atom is -0.480 e. The second kappa shape index (κ2) is 5.05. The Labute approximate surface area is 91.5 Å². The largest absolute Gasteiger partial charge is 0.480 e. The summed E-state index contributed by atoms with van der Waals surface area (Å²) in [6.07, 6.45) is -0.883. The van der Waals surface area contributed by atoms with E-state index in [1.807, 2.05) is 0 Å². The van der Waals surface area contributed by atoms with Crippen LogP contribution in [0.3, 0.4) is 0 Å². The van der Waals surface area contributed by atoms with Crippen LogP contribution in [0.1, 0.15) is 19.8 Å². The Morgan fingerprint density at radius 1 is 1.69 bits per heavy atom. The zero-order valence-electron chi connectivity index (χ0n) is 8.82. The number of carboxylic acids is 1. The van der Waals surface area contributed by atoms with Crippen LogP contribution < -0.4 is 0 Å². The molecule has 0 saturated carbocycles. The lowest BCUT2D eigenvalue weighted by Crippen LogP contribution is -2.41. The third-order valence-corrected chi connectivity index (χ3v) is 2.60.